The monoisotopic (exact) mass is 637 g/mol. The first kappa shape index (κ1) is 33.9. The van der Waals surface area contributed by atoms with Gasteiger partial charge in [-0.25, -0.2) is 4.79 Å². The minimum atomic E-state index is -4.34. The number of nitrogens with zero attached hydrogens (tertiary/aromatic N) is 3. The fourth-order valence-corrected chi connectivity index (χ4v) is 6.71. The molecule has 5 rings (SSSR count). The van der Waals surface area contributed by atoms with E-state index in [1.165, 1.54) is 11.1 Å². The molecule has 46 heavy (non-hydrogen) atoms. The summed E-state index contributed by atoms with van der Waals surface area (Å²) in [4.78, 5) is 22.3. The van der Waals surface area contributed by atoms with Crippen molar-refractivity contribution in [1.29, 1.82) is 0 Å². The molecule has 1 aromatic heterocycles. The number of rotatable bonds is 7. The molecule has 1 atom stereocenters. The molecule has 1 fully saturated rings. The summed E-state index contributed by atoms with van der Waals surface area (Å²) in [6, 6.07) is 11.9. The first-order chi connectivity index (χ1) is 21.4. The van der Waals surface area contributed by atoms with E-state index in [0.29, 0.717) is 24.3 Å². The second-order valence-corrected chi connectivity index (χ2v) is 14.7. The third kappa shape index (κ3) is 7.58. The molecule has 0 radical (unpaired) electrons. The summed E-state index contributed by atoms with van der Waals surface area (Å²) in [6.07, 6.45) is -2.74. The fourth-order valence-electron chi connectivity index (χ4n) is 6.71. The van der Waals surface area contributed by atoms with Crippen molar-refractivity contribution in [3.05, 3.63) is 81.7 Å². The number of aryl methyl sites for hydroxylation is 2. The van der Waals surface area contributed by atoms with Gasteiger partial charge in [0.05, 0.1) is 16.9 Å². The van der Waals surface area contributed by atoms with Crippen molar-refractivity contribution in [2.24, 2.45) is 5.41 Å². The molecule has 6 nitrogen and oxygen atoms in total. The van der Waals surface area contributed by atoms with Crippen LogP contribution in [0.25, 0.3) is 11.1 Å². The van der Waals surface area contributed by atoms with Gasteiger partial charge in [-0.1, -0.05) is 44.2 Å². The van der Waals surface area contributed by atoms with E-state index in [9.17, 15) is 23.1 Å². The number of hydrogen-bond donors (Lipinski definition) is 1. The van der Waals surface area contributed by atoms with E-state index in [1.54, 1.807) is 12.1 Å². The second-order valence-electron chi connectivity index (χ2n) is 14.7. The molecule has 3 heterocycles. The molecule has 1 saturated heterocycles. The Bertz CT molecular complexity index is 1580. The molecule has 3 aromatic rings. The number of ether oxygens (including phenoxy) is 1. The van der Waals surface area contributed by atoms with Crippen LogP contribution >= 0.6 is 0 Å². The van der Waals surface area contributed by atoms with E-state index >= 15 is 0 Å². The number of carboxylic acids is 1. The van der Waals surface area contributed by atoms with Crippen LogP contribution in [0.1, 0.15) is 92.8 Å². The zero-order valence-electron chi connectivity index (χ0n) is 28.0. The summed E-state index contributed by atoms with van der Waals surface area (Å²) in [5.41, 5.74) is 7.11. The molecule has 2 aliphatic rings. The lowest BCUT2D eigenvalue weighted by atomic mass is 9.81. The van der Waals surface area contributed by atoms with Gasteiger partial charge in [0, 0.05) is 55.2 Å². The van der Waals surface area contributed by atoms with E-state index in [0.717, 1.165) is 79.1 Å². The Morgan fingerprint density at radius 3 is 2.22 bits per heavy atom. The summed E-state index contributed by atoms with van der Waals surface area (Å²) >= 11 is 0. The lowest BCUT2D eigenvalue weighted by molar-refractivity contribution is -0.160. The number of aliphatic carboxylic acids is 1. The van der Waals surface area contributed by atoms with Crippen molar-refractivity contribution < 1.29 is 27.8 Å². The normalized spacial score (nSPS) is 17.9. The average Bonchev–Trinajstić information content (AvgIpc) is 2.95. The number of fused-ring (bicyclic) bond motifs is 1. The lowest BCUT2D eigenvalue weighted by Crippen LogP contribution is -2.39. The number of pyridine rings is 1. The third-order valence-corrected chi connectivity index (χ3v) is 9.24. The van der Waals surface area contributed by atoms with Crippen LogP contribution in [-0.4, -0.2) is 46.2 Å². The maximum Gasteiger partial charge on any atom is 0.416 e. The summed E-state index contributed by atoms with van der Waals surface area (Å²) < 4.78 is 45.3. The van der Waals surface area contributed by atoms with Gasteiger partial charge < -0.3 is 14.7 Å². The van der Waals surface area contributed by atoms with Gasteiger partial charge in [-0.15, -0.1) is 0 Å². The molecule has 2 aliphatic heterocycles. The quantitative estimate of drug-likeness (QED) is 0.280. The van der Waals surface area contributed by atoms with Gasteiger partial charge in [0.15, 0.2) is 6.10 Å². The number of carbonyl (C=O) groups is 1. The van der Waals surface area contributed by atoms with Gasteiger partial charge in [-0.2, -0.15) is 13.2 Å². The van der Waals surface area contributed by atoms with Gasteiger partial charge in [-0.3, -0.25) is 9.88 Å². The fraction of sp³-hybridized carbons (Fsp3) is 0.514. The Balaban J connectivity index is 1.51. The Morgan fingerprint density at radius 2 is 1.63 bits per heavy atom. The Morgan fingerprint density at radius 1 is 0.978 bits per heavy atom. The van der Waals surface area contributed by atoms with Crippen LogP contribution in [0.4, 0.5) is 18.9 Å². The largest absolute Gasteiger partial charge is 0.479 e. The smallest absolute Gasteiger partial charge is 0.416 e. The van der Waals surface area contributed by atoms with Crippen LogP contribution in [-0.2, 0) is 35.2 Å². The molecule has 0 saturated carbocycles. The minimum absolute atomic E-state index is 0.208. The van der Waals surface area contributed by atoms with Crippen LogP contribution in [0.5, 0.6) is 0 Å². The highest BCUT2D eigenvalue weighted by Crippen LogP contribution is 2.45. The van der Waals surface area contributed by atoms with Crippen molar-refractivity contribution in [3.63, 3.8) is 0 Å². The average molecular weight is 638 g/mol. The van der Waals surface area contributed by atoms with Crippen LogP contribution in [0, 0.1) is 19.3 Å². The van der Waals surface area contributed by atoms with E-state index in [1.807, 2.05) is 34.6 Å². The van der Waals surface area contributed by atoms with Gasteiger partial charge in [0.1, 0.15) is 0 Å². The SMILES string of the molecule is Cc1nc(C)c([C@H](OC(C)(C)C)C(=O)O)c(N2CCC(C)(C)CC2)c1-c1ccc2c(c1)CCN(Cc1ccc(C(F)(F)F)cc1)C2. The summed E-state index contributed by atoms with van der Waals surface area (Å²) in [5.74, 6) is -1.04. The predicted molar refractivity (Wildman–Crippen MR) is 175 cm³/mol. The van der Waals surface area contributed by atoms with Crippen LogP contribution < -0.4 is 4.90 Å². The topological polar surface area (TPSA) is 65.9 Å². The maximum atomic E-state index is 13.0. The van der Waals surface area contributed by atoms with Gasteiger partial charge >= 0.3 is 12.1 Å². The lowest BCUT2D eigenvalue weighted by Gasteiger charge is -2.41. The van der Waals surface area contributed by atoms with Crippen LogP contribution in [0.3, 0.4) is 0 Å². The molecule has 2 aromatic carbocycles. The number of carboxylic acid groups (broad SMARTS) is 1. The Labute approximate surface area is 270 Å². The Kier molecular flexibility index (Phi) is 9.32. The molecule has 248 valence electrons. The highest BCUT2D eigenvalue weighted by molar-refractivity contribution is 5.88. The first-order valence-electron chi connectivity index (χ1n) is 16.1. The Hall–Kier alpha value is -3.43. The van der Waals surface area contributed by atoms with Gasteiger partial charge in [0.25, 0.3) is 0 Å². The van der Waals surface area contributed by atoms with E-state index < -0.39 is 29.4 Å². The summed E-state index contributed by atoms with van der Waals surface area (Å²) in [5, 5.41) is 10.5. The minimum Gasteiger partial charge on any atom is -0.479 e. The molecular weight excluding hydrogens is 591 g/mol. The van der Waals surface area contributed by atoms with Crippen molar-refractivity contribution in [2.75, 3.05) is 24.5 Å². The number of anilines is 1. The highest BCUT2D eigenvalue weighted by atomic mass is 19.4. The van der Waals surface area contributed by atoms with E-state index in [-0.39, 0.29) is 5.41 Å². The number of benzene rings is 2. The molecule has 0 amide bonds. The molecule has 1 N–H and O–H groups in total. The predicted octanol–water partition coefficient (Wildman–Crippen LogP) is 8.51. The number of aromatic nitrogens is 1. The number of halogens is 3. The van der Waals surface area contributed by atoms with Crippen LogP contribution in [0.2, 0.25) is 0 Å². The van der Waals surface area contributed by atoms with Crippen LogP contribution in [0.15, 0.2) is 42.5 Å². The van der Waals surface area contributed by atoms with Crippen molar-refractivity contribution in [2.45, 2.75) is 98.7 Å². The molecule has 0 spiro atoms. The zero-order chi connectivity index (χ0) is 33.6. The van der Waals surface area contributed by atoms with Crippen molar-refractivity contribution in [1.82, 2.24) is 9.88 Å². The molecule has 9 heteroatoms. The molecular formula is C37H46F3N3O3. The summed E-state index contributed by atoms with van der Waals surface area (Å²) in [7, 11) is 0. The van der Waals surface area contributed by atoms with E-state index in [4.69, 9.17) is 9.72 Å². The number of alkyl halides is 3. The molecule has 0 unspecified atom stereocenters. The third-order valence-electron chi connectivity index (χ3n) is 9.24. The first-order valence-corrected chi connectivity index (χ1v) is 16.1. The summed E-state index contributed by atoms with van der Waals surface area (Å²) in [6.45, 7) is 17.7. The van der Waals surface area contributed by atoms with Crippen molar-refractivity contribution in [3.8, 4) is 11.1 Å². The van der Waals surface area contributed by atoms with E-state index in [2.05, 4.69) is 41.8 Å². The standard InChI is InChI=1S/C37H46F3N3O3/c1-23-30(27-10-11-28-22-42(17-14-26(28)20-27)21-25-8-12-29(13-9-25)37(38,39)40)32(43-18-15-36(6,7)16-19-43)31(24(2)41-23)33(34(44)45)46-35(3,4)5/h8-13,20,33H,14-19,21-22H2,1-7H3,(H,44,45)/t33-/m0/s1. The van der Waals surface area contributed by atoms with Gasteiger partial charge in [-0.05, 0) is 93.7 Å². The molecule has 0 aliphatic carbocycles. The highest BCUT2D eigenvalue weighted by Gasteiger charge is 2.37. The van der Waals surface area contributed by atoms with Gasteiger partial charge in [0.2, 0.25) is 0 Å². The second kappa shape index (κ2) is 12.6. The number of hydrogen-bond acceptors (Lipinski definition) is 5. The molecule has 0 bridgehead atoms. The van der Waals surface area contributed by atoms with Crippen molar-refractivity contribution >= 4 is 11.7 Å². The zero-order valence-corrected chi connectivity index (χ0v) is 28.0. The maximum absolute atomic E-state index is 13.0. The number of piperidine rings is 1.